The molecule has 0 radical (unpaired) electrons. The molecule has 1 saturated carbocycles. The molecule has 1 unspecified atom stereocenters. The van der Waals surface area contributed by atoms with Gasteiger partial charge in [-0.2, -0.15) is 0 Å². The molecule has 2 nitrogen and oxygen atoms in total. The summed E-state index contributed by atoms with van der Waals surface area (Å²) in [7, 11) is 0. The van der Waals surface area contributed by atoms with Gasteiger partial charge < -0.3 is 10.0 Å². The first-order chi connectivity index (χ1) is 6.77. The fraction of sp³-hybridized carbons (Fsp3) is 1.00. The predicted octanol–water partition coefficient (Wildman–Crippen LogP) is 2.27. The largest absolute Gasteiger partial charge is 0.392 e. The summed E-state index contributed by atoms with van der Waals surface area (Å²) >= 11 is 0. The molecular formula is C12H25NO. The van der Waals surface area contributed by atoms with Crippen LogP contribution in [0.1, 0.15) is 46.0 Å². The van der Waals surface area contributed by atoms with Crippen LogP contribution in [0.25, 0.3) is 0 Å². The highest BCUT2D eigenvalue weighted by Crippen LogP contribution is 2.26. The number of likely N-dealkylation sites (N-methyl/N-ethyl adjacent to an activating group) is 1. The van der Waals surface area contributed by atoms with Crippen molar-refractivity contribution in [2.45, 2.75) is 52.1 Å². The second-order valence-corrected chi connectivity index (χ2v) is 4.45. The maximum atomic E-state index is 10.1. The highest BCUT2D eigenvalue weighted by Gasteiger charge is 2.22. The van der Waals surface area contributed by atoms with Crippen LogP contribution in [0.15, 0.2) is 0 Å². The molecule has 1 fully saturated rings. The molecule has 1 rings (SSSR count). The maximum absolute atomic E-state index is 10.1. The lowest BCUT2D eigenvalue weighted by Gasteiger charge is -2.30. The molecule has 1 N–H and O–H groups in total. The molecule has 1 aliphatic carbocycles. The Balaban J connectivity index is 2.27. The van der Waals surface area contributed by atoms with E-state index in [2.05, 4.69) is 18.7 Å². The highest BCUT2D eigenvalue weighted by atomic mass is 16.3. The smallest absolute Gasteiger partial charge is 0.0695 e. The second-order valence-electron chi connectivity index (χ2n) is 4.45. The Morgan fingerprint density at radius 3 is 2.21 bits per heavy atom. The van der Waals surface area contributed by atoms with Crippen LogP contribution in [0.5, 0.6) is 0 Å². The molecule has 0 aromatic heterocycles. The summed E-state index contributed by atoms with van der Waals surface area (Å²) in [5.41, 5.74) is 0. The molecule has 0 aromatic carbocycles. The van der Waals surface area contributed by atoms with Crippen LogP contribution in [-0.4, -0.2) is 35.7 Å². The SMILES string of the molecule is CCN(CC)CC(O)C1CCCCC1. The molecule has 0 spiro atoms. The highest BCUT2D eigenvalue weighted by molar-refractivity contribution is 4.75. The lowest BCUT2D eigenvalue weighted by atomic mass is 9.85. The normalized spacial score (nSPS) is 21.4. The average molecular weight is 199 g/mol. The summed E-state index contributed by atoms with van der Waals surface area (Å²) < 4.78 is 0. The van der Waals surface area contributed by atoms with Crippen LogP contribution in [0.2, 0.25) is 0 Å². The van der Waals surface area contributed by atoms with E-state index < -0.39 is 0 Å². The van der Waals surface area contributed by atoms with Crippen LogP contribution in [0.3, 0.4) is 0 Å². The summed E-state index contributed by atoms with van der Waals surface area (Å²) in [6.07, 6.45) is 6.40. The Morgan fingerprint density at radius 1 is 1.14 bits per heavy atom. The quantitative estimate of drug-likeness (QED) is 0.734. The Hall–Kier alpha value is -0.0800. The van der Waals surface area contributed by atoms with E-state index >= 15 is 0 Å². The third kappa shape index (κ3) is 3.58. The lowest BCUT2D eigenvalue weighted by molar-refractivity contribution is 0.0506. The number of nitrogens with zero attached hydrogens (tertiary/aromatic N) is 1. The standard InChI is InChI=1S/C12H25NO/c1-3-13(4-2)10-12(14)11-8-6-5-7-9-11/h11-12,14H,3-10H2,1-2H3. The Labute approximate surface area is 88.3 Å². The molecular weight excluding hydrogens is 174 g/mol. The monoisotopic (exact) mass is 199 g/mol. The van der Waals surface area contributed by atoms with E-state index in [0.717, 1.165) is 19.6 Å². The number of hydrogen-bond donors (Lipinski definition) is 1. The van der Waals surface area contributed by atoms with Crippen LogP contribution < -0.4 is 0 Å². The Bertz CT molecular complexity index is 139. The molecule has 0 aliphatic heterocycles. The minimum absolute atomic E-state index is 0.0878. The minimum Gasteiger partial charge on any atom is -0.392 e. The van der Waals surface area contributed by atoms with Crippen molar-refractivity contribution in [1.82, 2.24) is 4.90 Å². The van der Waals surface area contributed by atoms with Gasteiger partial charge in [0.05, 0.1) is 6.10 Å². The molecule has 0 aromatic rings. The van der Waals surface area contributed by atoms with E-state index in [1.807, 2.05) is 0 Å². The molecule has 14 heavy (non-hydrogen) atoms. The van der Waals surface area contributed by atoms with Crippen molar-refractivity contribution in [2.24, 2.45) is 5.92 Å². The second kappa shape index (κ2) is 6.41. The molecule has 1 aliphatic rings. The van der Waals surface area contributed by atoms with Gasteiger partial charge in [0.25, 0.3) is 0 Å². The first kappa shape index (κ1) is 12.0. The fourth-order valence-electron chi connectivity index (χ4n) is 2.41. The van der Waals surface area contributed by atoms with Crippen molar-refractivity contribution in [3.63, 3.8) is 0 Å². The zero-order valence-electron chi connectivity index (χ0n) is 9.71. The van der Waals surface area contributed by atoms with Gasteiger partial charge in [-0.05, 0) is 31.8 Å². The molecule has 0 amide bonds. The molecule has 1 atom stereocenters. The summed E-state index contributed by atoms with van der Waals surface area (Å²) in [4.78, 5) is 2.32. The van der Waals surface area contributed by atoms with Crippen molar-refractivity contribution in [1.29, 1.82) is 0 Å². The van der Waals surface area contributed by atoms with Crippen molar-refractivity contribution in [2.75, 3.05) is 19.6 Å². The summed E-state index contributed by atoms with van der Waals surface area (Å²) in [6.45, 7) is 7.31. The molecule has 0 saturated heterocycles. The van der Waals surface area contributed by atoms with Gasteiger partial charge in [0.2, 0.25) is 0 Å². The van der Waals surface area contributed by atoms with Crippen LogP contribution in [-0.2, 0) is 0 Å². The van der Waals surface area contributed by atoms with Gasteiger partial charge in [-0.3, -0.25) is 0 Å². The van der Waals surface area contributed by atoms with Crippen LogP contribution in [0, 0.1) is 5.92 Å². The third-order valence-electron chi connectivity index (χ3n) is 3.53. The van der Waals surface area contributed by atoms with E-state index in [-0.39, 0.29) is 6.10 Å². The fourth-order valence-corrected chi connectivity index (χ4v) is 2.41. The zero-order chi connectivity index (χ0) is 10.4. The van der Waals surface area contributed by atoms with Gasteiger partial charge in [-0.25, -0.2) is 0 Å². The van der Waals surface area contributed by atoms with E-state index in [4.69, 9.17) is 0 Å². The molecule has 0 heterocycles. The van der Waals surface area contributed by atoms with Crippen molar-refractivity contribution in [3.05, 3.63) is 0 Å². The minimum atomic E-state index is -0.0878. The van der Waals surface area contributed by atoms with Crippen molar-refractivity contribution >= 4 is 0 Å². The first-order valence-electron chi connectivity index (χ1n) is 6.18. The number of hydrogen-bond acceptors (Lipinski definition) is 2. The van der Waals surface area contributed by atoms with Crippen molar-refractivity contribution < 1.29 is 5.11 Å². The molecule has 0 bridgehead atoms. The van der Waals surface area contributed by atoms with E-state index in [9.17, 15) is 5.11 Å². The van der Waals surface area contributed by atoms with Crippen LogP contribution in [0.4, 0.5) is 0 Å². The molecule has 2 heteroatoms. The van der Waals surface area contributed by atoms with Gasteiger partial charge in [-0.1, -0.05) is 33.1 Å². The number of aliphatic hydroxyl groups is 1. The van der Waals surface area contributed by atoms with Gasteiger partial charge in [0, 0.05) is 6.54 Å². The van der Waals surface area contributed by atoms with Gasteiger partial charge in [0.15, 0.2) is 0 Å². The average Bonchev–Trinajstić information content (AvgIpc) is 2.26. The van der Waals surface area contributed by atoms with Crippen LogP contribution >= 0.6 is 0 Å². The van der Waals surface area contributed by atoms with E-state index in [1.54, 1.807) is 0 Å². The van der Waals surface area contributed by atoms with Gasteiger partial charge in [0.1, 0.15) is 0 Å². The number of aliphatic hydroxyl groups excluding tert-OH is 1. The van der Waals surface area contributed by atoms with Gasteiger partial charge >= 0.3 is 0 Å². The maximum Gasteiger partial charge on any atom is 0.0695 e. The summed E-state index contributed by atoms with van der Waals surface area (Å²) in [5.74, 6) is 0.573. The zero-order valence-corrected chi connectivity index (χ0v) is 9.71. The predicted molar refractivity (Wildman–Crippen MR) is 60.4 cm³/mol. The molecule has 84 valence electrons. The van der Waals surface area contributed by atoms with E-state index in [1.165, 1.54) is 32.1 Å². The van der Waals surface area contributed by atoms with Crippen molar-refractivity contribution in [3.8, 4) is 0 Å². The first-order valence-corrected chi connectivity index (χ1v) is 6.18. The van der Waals surface area contributed by atoms with E-state index in [0.29, 0.717) is 5.92 Å². The number of rotatable bonds is 5. The summed E-state index contributed by atoms with van der Waals surface area (Å²) in [6, 6.07) is 0. The summed E-state index contributed by atoms with van der Waals surface area (Å²) in [5, 5.41) is 10.1. The topological polar surface area (TPSA) is 23.5 Å². The Morgan fingerprint density at radius 2 is 1.71 bits per heavy atom. The lowest BCUT2D eigenvalue weighted by Crippen LogP contribution is -2.37. The van der Waals surface area contributed by atoms with Gasteiger partial charge in [-0.15, -0.1) is 0 Å². The third-order valence-corrected chi connectivity index (χ3v) is 3.53. The Kier molecular flexibility index (Phi) is 5.49.